The summed E-state index contributed by atoms with van der Waals surface area (Å²) in [6.07, 6.45) is 0.515. The van der Waals surface area contributed by atoms with Gasteiger partial charge in [-0.25, -0.2) is 4.79 Å². The Hall–Kier alpha value is -4.71. The fraction of sp³-hybridized carbons (Fsp3) is 0.387. The van der Waals surface area contributed by atoms with Crippen molar-refractivity contribution in [3.8, 4) is 28.7 Å². The monoisotopic (exact) mass is 597 g/mol. The molecule has 0 bridgehead atoms. The minimum Gasteiger partial charge on any atom is -0.502 e. The Labute approximate surface area is 248 Å². The van der Waals surface area contributed by atoms with Gasteiger partial charge in [-0.2, -0.15) is 0 Å². The Morgan fingerprint density at radius 2 is 1.53 bits per heavy atom. The van der Waals surface area contributed by atoms with Crippen LogP contribution in [0.2, 0.25) is 0 Å². The summed E-state index contributed by atoms with van der Waals surface area (Å²) in [5.41, 5.74) is 2.06. The average molecular weight is 598 g/mol. The Morgan fingerprint density at radius 1 is 0.884 bits per heavy atom. The lowest BCUT2D eigenvalue weighted by atomic mass is 9.91. The van der Waals surface area contributed by atoms with Crippen molar-refractivity contribution in [2.45, 2.75) is 31.8 Å². The molecule has 0 saturated carbocycles. The maximum Gasteiger partial charge on any atom is 0.343 e. The lowest BCUT2D eigenvalue weighted by Gasteiger charge is -2.29. The molecule has 1 atom stereocenters. The van der Waals surface area contributed by atoms with Crippen molar-refractivity contribution in [1.82, 2.24) is 4.90 Å². The molecule has 1 aliphatic heterocycles. The van der Waals surface area contributed by atoms with Crippen LogP contribution < -0.4 is 24.4 Å². The van der Waals surface area contributed by atoms with Gasteiger partial charge in [0, 0.05) is 19.2 Å². The molecule has 230 valence electrons. The van der Waals surface area contributed by atoms with E-state index in [0.29, 0.717) is 35.9 Å². The standard InChI is InChI=1S/C31H35NO11/c1-37-25-11-19(6-7-24(25)42-17-29(35)41-5)22(14-28(34)40-4)31-30(36)23(33)13-21(43-31)16-32-9-8-18-10-26(38-2)27(39-3)12-20(18)15-32/h6-7,10-13,22,36H,8-9,14-17H2,1-5H3. The number of hydrogen-bond donors (Lipinski definition) is 1. The van der Waals surface area contributed by atoms with Gasteiger partial charge in [0.25, 0.3) is 0 Å². The van der Waals surface area contributed by atoms with Crippen molar-refractivity contribution in [3.63, 3.8) is 0 Å². The van der Waals surface area contributed by atoms with Crippen molar-refractivity contribution in [3.05, 3.63) is 74.8 Å². The van der Waals surface area contributed by atoms with Gasteiger partial charge in [-0.3, -0.25) is 14.5 Å². The van der Waals surface area contributed by atoms with Crippen molar-refractivity contribution >= 4 is 11.9 Å². The third-order valence-electron chi connectivity index (χ3n) is 7.25. The van der Waals surface area contributed by atoms with Crippen LogP contribution in [0.25, 0.3) is 0 Å². The zero-order valence-electron chi connectivity index (χ0n) is 24.8. The average Bonchev–Trinajstić information content (AvgIpc) is 3.03. The third-order valence-corrected chi connectivity index (χ3v) is 7.25. The molecule has 1 N–H and O–H groups in total. The van der Waals surface area contributed by atoms with Crippen LogP contribution >= 0.6 is 0 Å². The molecule has 1 aliphatic rings. The van der Waals surface area contributed by atoms with Crippen LogP contribution in [-0.2, 0) is 38.6 Å². The Bertz CT molecular complexity index is 1530. The van der Waals surface area contributed by atoms with Crippen LogP contribution in [0.3, 0.4) is 0 Å². The van der Waals surface area contributed by atoms with Gasteiger partial charge in [-0.15, -0.1) is 0 Å². The van der Waals surface area contributed by atoms with E-state index in [-0.39, 0.29) is 36.8 Å². The number of ether oxygens (including phenoxy) is 6. The minimum atomic E-state index is -0.900. The number of benzene rings is 2. The molecule has 12 nitrogen and oxygen atoms in total. The molecule has 2 aromatic carbocycles. The Morgan fingerprint density at radius 3 is 2.19 bits per heavy atom. The summed E-state index contributed by atoms with van der Waals surface area (Å²) in [6.45, 7) is 1.21. The first-order valence-electron chi connectivity index (χ1n) is 13.5. The van der Waals surface area contributed by atoms with E-state index in [9.17, 15) is 19.5 Å². The number of nitrogens with zero attached hydrogens (tertiary/aromatic N) is 1. The number of carbonyl (C=O) groups excluding carboxylic acids is 2. The number of methoxy groups -OCH3 is 5. The van der Waals surface area contributed by atoms with Gasteiger partial charge in [0.2, 0.25) is 11.2 Å². The molecule has 43 heavy (non-hydrogen) atoms. The number of hydrogen-bond acceptors (Lipinski definition) is 12. The van der Waals surface area contributed by atoms with E-state index >= 15 is 0 Å². The van der Waals surface area contributed by atoms with Crippen molar-refractivity contribution in [2.75, 3.05) is 48.7 Å². The normalized spacial score (nSPS) is 13.4. The van der Waals surface area contributed by atoms with E-state index in [1.807, 2.05) is 12.1 Å². The summed E-state index contributed by atoms with van der Waals surface area (Å²) in [4.78, 5) is 39.0. The summed E-state index contributed by atoms with van der Waals surface area (Å²) in [7, 11) is 7.09. The Balaban J connectivity index is 1.65. The van der Waals surface area contributed by atoms with Gasteiger partial charge in [0.1, 0.15) is 5.76 Å². The quantitative estimate of drug-likeness (QED) is 0.306. The zero-order valence-corrected chi connectivity index (χ0v) is 24.8. The highest BCUT2D eigenvalue weighted by atomic mass is 16.6. The lowest BCUT2D eigenvalue weighted by Crippen LogP contribution is -2.30. The topological polar surface area (TPSA) is 143 Å². The largest absolute Gasteiger partial charge is 0.502 e. The summed E-state index contributed by atoms with van der Waals surface area (Å²) < 4.78 is 37.5. The number of fused-ring (bicyclic) bond motifs is 1. The second kappa shape index (κ2) is 14.0. The predicted molar refractivity (Wildman–Crippen MR) is 153 cm³/mol. The maximum atomic E-state index is 12.9. The molecule has 4 rings (SSSR count). The number of carbonyl (C=O) groups is 2. The summed E-state index contributed by atoms with van der Waals surface area (Å²) in [5, 5.41) is 10.8. The van der Waals surface area contributed by atoms with Crippen LogP contribution in [0, 0.1) is 0 Å². The van der Waals surface area contributed by atoms with Crippen LogP contribution in [-0.4, -0.2) is 70.6 Å². The van der Waals surface area contributed by atoms with Crippen LogP contribution in [0.5, 0.6) is 28.7 Å². The number of aromatic hydroxyl groups is 1. The minimum absolute atomic E-state index is 0.0815. The van der Waals surface area contributed by atoms with Crippen molar-refractivity contribution < 1.29 is 47.5 Å². The highest BCUT2D eigenvalue weighted by molar-refractivity contribution is 5.72. The molecule has 0 aliphatic carbocycles. The molecule has 0 saturated heterocycles. The third kappa shape index (κ3) is 7.20. The fourth-order valence-corrected chi connectivity index (χ4v) is 4.99. The van der Waals surface area contributed by atoms with Crippen molar-refractivity contribution in [1.29, 1.82) is 0 Å². The first kappa shape index (κ1) is 31.2. The molecule has 3 aromatic rings. The van der Waals surface area contributed by atoms with Crippen LogP contribution in [0.1, 0.15) is 40.5 Å². The molecule has 2 heterocycles. The number of rotatable bonds is 12. The summed E-state index contributed by atoms with van der Waals surface area (Å²) in [5.74, 6) is -0.617. The molecular formula is C31H35NO11. The molecular weight excluding hydrogens is 562 g/mol. The Kier molecular flexibility index (Phi) is 10.1. The second-order valence-electron chi connectivity index (χ2n) is 9.83. The summed E-state index contributed by atoms with van der Waals surface area (Å²) in [6, 6.07) is 9.92. The molecule has 0 radical (unpaired) electrons. The molecule has 0 spiro atoms. The van der Waals surface area contributed by atoms with Gasteiger partial charge < -0.3 is 37.9 Å². The number of esters is 2. The fourth-order valence-electron chi connectivity index (χ4n) is 4.99. The van der Waals surface area contributed by atoms with Crippen LogP contribution in [0.4, 0.5) is 0 Å². The van der Waals surface area contributed by atoms with Gasteiger partial charge in [0.05, 0.1) is 54.4 Å². The van der Waals surface area contributed by atoms with Gasteiger partial charge in [-0.05, 0) is 47.4 Å². The smallest absolute Gasteiger partial charge is 0.343 e. The summed E-state index contributed by atoms with van der Waals surface area (Å²) >= 11 is 0. The van der Waals surface area contributed by atoms with E-state index < -0.39 is 29.0 Å². The highest BCUT2D eigenvalue weighted by Crippen LogP contribution is 2.38. The zero-order chi connectivity index (χ0) is 31.1. The molecule has 0 amide bonds. The van der Waals surface area contributed by atoms with Gasteiger partial charge >= 0.3 is 11.9 Å². The maximum absolute atomic E-state index is 12.9. The van der Waals surface area contributed by atoms with E-state index in [1.165, 1.54) is 27.4 Å². The predicted octanol–water partition coefficient (Wildman–Crippen LogP) is 3.18. The SMILES string of the molecule is COC(=O)COc1ccc(C(CC(=O)OC)c2oc(CN3CCc4cc(OC)c(OC)cc4C3)cc(=O)c2O)cc1OC. The second-order valence-corrected chi connectivity index (χ2v) is 9.83. The van der Waals surface area contributed by atoms with E-state index in [2.05, 4.69) is 9.64 Å². The van der Waals surface area contributed by atoms with Crippen LogP contribution in [0.15, 0.2) is 45.6 Å². The lowest BCUT2D eigenvalue weighted by molar-refractivity contribution is -0.143. The molecule has 0 fully saturated rings. The molecule has 1 aromatic heterocycles. The van der Waals surface area contributed by atoms with E-state index in [0.717, 1.165) is 17.5 Å². The molecule has 12 heteroatoms. The van der Waals surface area contributed by atoms with Gasteiger partial charge in [-0.1, -0.05) is 6.07 Å². The highest BCUT2D eigenvalue weighted by Gasteiger charge is 2.29. The van der Waals surface area contributed by atoms with E-state index in [4.69, 9.17) is 28.1 Å². The first-order valence-corrected chi connectivity index (χ1v) is 13.5. The molecule has 1 unspecified atom stereocenters. The van der Waals surface area contributed by atoms with Crippen molar-refractivity contribution in [2.24, 2.45) is 0 Å². The first-order chi connectivity index (χ1) is 20.7. The van der Waals surface area contributed by atoms with Gasteiger partial charge in [0.15, 0.2) is 35.4 Å². The van der Waals surface area contributed by atoms with E-state index in [1.54, 1.807) is 32.4 Å².